The lowest BCUT2D eigenvalue weighted by Gasteiger charge is -1.94. The van der Waals surface area contributed by atoms with E-state index in [1.807, 2.05) is 73.7 Å². The lowest BCUT2D eigenvalue weighted by atomic mass is 10.1. The molecule has 2 aromatic carbocycles. The number of benzene rings is 2. The molecule has 0 atom stereocenters. The van der Waals surface area contributed by atoms with Crippen LogP contribution in [-0.2, 0) is 0 Å². The minimum atomic E-state index is 1.12. The summed E-state index contributed by atoms with van der Waals surface area (Å²) in [6.45, 7) is 12.6. The van der Waals surface area contributed by atoms with Gasteiger partial charge in [0, 0.05) is 6.08 Å². The molecule has 0 unspecified atom stereocenters. The van der Waals surface area contributed by atoms with Crippen LogP contribution in [0.2, 0.25) is 0 Å². The Morgan fingerprint density at radius 2 is 1.40 bits per heavy atom. The van der Waals surface area contributed by atoms with Crippen molar-refractivity contribution in [1.82, 2.24) is 0 Å². The molecule has 0 fully saturated rings. The molecule has 2 rings (SSSR count). The summed E-state index contributed by atoms with van der Waals surface area (Å²) in [5.41, 5.74) is 3.48. The summed E-state index contributed by atoms with van der Waals surface area (Å²) in [5, 5.41) is 8.19. The number of nitriles is 1. The molecule has 0 aliphatic heterocycles. The van der Waals surface area contributed by atoms with Crippen molar-refractivity contribution in [2.45, 2.75) is 6.92 Å². The minimum Gasteiger partial charge on any atom is -0.193 e. The standard InChI is InChI=1S/C11H9N.C9H10.C4H6/c12-10-6-2-5-9-11-7-3-1-4-8-11;1-8(2)9-6-4-3-5-7-9;1-3-4-2/h1-9H;3-7H,1H2,2H3;3-4H,1-2H2. The maximum atomic E-state index is 8.19. The summed E-state index contributed by atoms with van der Waals surface area (Å²) in [6.07, 6.45) is 10.2. The molecule has 25 heavy (non-hydrogen) atoms. The Morgan fingerprint density at radius 3 is 1.80 bits per heavy atom. The second-order valence-electron chi connectivity index (χ2n) is 4.88. The monoisotopic (exact) mass is 327 g/mol. The zero-order chi connectivity index (χ0) is 18.8. The largest absolute Gasteiger partial charge is 0.193 e. The number of hydrogen-bond acceptors (Lipinski definition) is 1. The van der Waals surface area contributed by atoms with Crippen LogP contribution in [0, 0.1) is 11.3 Å². The van der Waals surface area contributed by atoms with Crippen LogP contribution in [0.25, 0.3) is 11.6 Å². The Bertz CT molecular complexity index is 708. The van der Waals surface area contributed by atoms with Gasteiger partial charge < -0.3 is 0 Å². The normalized spacial score (nSPS) is 9.12. The molecule has 0 amide bonds. The van der Waals surface area contributed by atoms with Crippen molar-refractivity contribution in [3.05, 3.63) is 122 Å². The van der Waals surface area contributed by atoms with E-state index in [9.17, 15) is 0 Å². The van der Waals surface area contributed by atoms with Crippen LogP contribution in [0.5, 0.6) is 0 Å². The van der Waals surface area contributed by atoms with E-state index in [0.29, 0.717) is 0 Å². The highest BCUT2D eigenvalue weighted by molar-refractivity contribution is 5.60. The van der Waals surface area contributed by atoms with Crippen LogP contribution >= 0.6 is 0 Å². The quantitative estimate of drug-likeness (QED) is 0.444. The first-order chi connectivity index (χ1) is 12.2. The maximum Gasteiger partial charge on any atom is 0.0912 e. The Balaban J connectivity index is 0.000000391. The summed E-state index contributed by atoms with van der Waals surface area (Å²) in [6, 6.07) is 22.0. The van der Waals surface area contributed by atoms with E-state index in [0.717, 1.165) is 11.1 Å². The van der Waals surface area contributed by atoms with Gasteiger partial charge >= 0.3 is 0 Å². The minimum absolute atomic E-state index is 1.12. The van der Waals surface area contributed by atoms with Crippen molar-refractivity contribution in [2.24, 2.45) is 0 Å². The van der Waals surface area contributed by atoms with Crippen molar-refractivity contribution in [3.63, 3.8) is 0 Å². The van der Waals surface area contributed by atoms with Gasteiger partial charge in [-0.25, -0.2) is 0 Å². The molecule has 0 bridgehead atoms. The number of hydrogen-bond donors (Lipinski definition) is 0. The van der Waals surface area contributed by atoms with Crippen LogP contribution < -0.4 is 0 Å². The molecule has 2 aromatic rings. The second kappa shape index (κ2) is 15.5. The molecule has 0 aromatic heterocycles. The molecule has 0 aliphatic rings. The van der Waals surface area contributed by atoms with Gasteiger partial charge in [-0.15, -0.1) is 0 Å². The Labute approximate surface area is 152 Å². The number of allylic oxidation sites excluding steroid dienone is 6. The predicted octanol–water partition coefficient (Wildman–Crippen LogP) is 6.86. The zero-order valence-corrected chi connectivity index (χ0v) is 14.8. The predicted molar refractivity (Wildman–Crippen MR) is 112 cm³/mol. The highest BCUT2D eigenvalue weighted by atomic mass is 14.2. The van der Waals surface area contributed by atoms with Gasteiger partial charge in [0.1, 0.15) is 0 Å². The van der Waals surface area contributed by atoms with E-state index >= 15 is 0 Å². The summed E-state index contributed by atoms with van der Waals surface area (Å²) in [5.74, 6) is 0. The zero-order valence-electron chi connectivity index (χ0n) is 14.8. The van der Waals surface area contributed by atoms with Gasteiger partial charge in [-0.3, -0.25) is 0 Å². The molecule has 126 valence electrons. The average molecular weight is 327 g/mol. The van der Waals surface area contributed by atoms with Crippen molar-refractivity contribution in [1.29, 1.82) is 5.26 Å². The highest BCUT2D eigenvalue weighted by Crippen LogP contribution is 2.08. The fraction of sp³-hybridized carbons (Fsp3) is 0.0417. The molecule has 1 nitrogen and oxygen atoms in total. The first-order valence-electron chi connectivity index (χ1n) is 7.88. The molecule has 0 spiro atoms. The van der Waals surface area contributed by atoms with E-state index < -0.39 is 0 Å². The molecular weight excluding hydrogens is 302 g/mol. The summed E-state index contributed by atoms with van der Waals surface area (Å²) < 4.78 is 0. The first-order valence-corrected chi connectivity index (χ1v) is 7.88. The molecule has 0 saturated heterocycles. The number of nitrogens with zero attached hydrogens (tertiary/aromatic N) is 1. The third-order valence-corrected chi connectivity index (χ3v) is 2.80. The van der Waals surface area contributed by atoms with Gasteiger partial charge in [0.2, 0.25) is 0 Å². The van der Waals surface area contributed by atoms with Crippen molar-refractivity contribution in [2.75, 3.05) is 0 Å². The topological polar surface area (TPSA) is 23.8 Å². The molecule has 0 aliphatic carbocycles. The van der Waals surface area contributed by atoms with Crippen molar-refractivity contribution in [3.8, 4) is 6.07 Å². The first kappa shape index (κ1) is 21.6. The fourth-order valence-electron chi connectivity index (χ4n) is 1.55. The van der Waals surface area contributed by atoms with Crippen LogP contribution in [0.3, 0.4) is 0 Å². The lowest BCUT2D eigenvalue weighted by molar-refractivity contribution is 1.53. The van der Waals surface area contributed by atoms with Gasteiger partial charge in [0.15, 0.2) is 0 Å². The summed E-state index contributed by atoms with van der Waals surface area (Å²) in [4.78, 5) is 0. The highest BCUT2D eigenvalue weighted by Gasteiger charge is 1.86. The lowest BCUT2D eigenvalue weighted by Crippen LogP contribution is -1.72. The van der Waals surface area contributed by atoms with Crippen LogP contribution in [0.15, 0.2) is 111 Å². The second-order valence-corrected chi connectivity index (χ2v) is 4.88. The molecular formula is C24H25N. The third kappa shape index (κ3) is 12.8. The SMILES string of the molecule is C=C(C)c1ccccc1.C=CC=C.N#CC=CC=Cc1ccccc1. The van der Waals surface area contributed by atoms with Crippen molar-refractivity contribution >= 4 is 11.6 Å². The van der Waals surface area contributed by atoms with E-state index in [-0.39, 0.29) is 0 Å². The summed E-state index contributed by atoms with van der Waals surface area (Å²) >= 11 is 0. The third-order valence-electron chi connectivity index (χ3n) is 2.80. The van der Waals surface area contributed by atoms with Gasteiger partial charge in [-0.1, -0.05) is 116 Å². The number of rotatable bonds is 4. The van der Waals surface area contributed by atoms with Gasteiger partial charge in [-0.2, -0.15) is 5.26 Å². The fourth-order valence-corrected chi connectivity index (χ4v) is 1.55. The average Bonchev–Trinajstić information content (AvgIpc) is 2.67. The van der Waals surface area contributed by atoms with Crippen LogP contribution in [-0.4, -0.2) is 0 Å². The Morgan fingerprint density at radius 1 is 0.880 bits per heavy atom. The van der Waals surface area contributed by atoms with Crippen LogP contribution in [0.4, 0.5) is 0 Å². The molecule has 0 radical (unpaired) electrons. The molecule has 0 heterocycles. The van der Waals surface area contributed by atoms with Gasteiger partial charge in [-0.05, 0) is 18.1 Å². The van der Waals surface area contributed by atoms with Crippen molar-refractivity contribution < 1.29 is 0 Å². The molecule has 0 N–H and O–H groups in total. The smallest absolute Gasteiger partial charge is 0.0912 e. The van der Waals surface area contributed by atoms with E-state index in [4.69, 9.17) is 5.26 Å². The molecule has 1 heteroatoms. The Kier molecular flexibility index (Phi) is 13.4. The van der Waals surface area contributed by atoms with E-state index in [1.54, 1.807) is 18.2 Å². The maximum absolute atomic E-state index is 8.19. The Hall–Kier alpha value is -3.37. The van der Waals surface area contributed by atoms with Crippen LogP contribution in [0.1, 0.15) is 18.1 Å². The summed E-state index contributed by atoms with van der Waals surface area (Å²) in [7, 11) is 0. The van der Waals surface area contributed by atoms with E-state index in [1.165, 1.54) is 11.6 Å². The van der Waals surface area contributed by atoms with Gasteiger partial charge in [0.05, 0.1) is 6.07 Å². The molecule has 0 saturated carbocycles. The van der Waals surface area contributed by atoms with Gasteiger partial charge in [0.25, 0.3) is 0 Å². The van der Waals surface area contributed by atoms with E-state index in [2.05, 4.69) is 31.9 Å².